The van der Waals surface area contributed by atoms with Gasteiger partial charge < -0.3 is 24.4 Å². The first-order valence-electron chi connectivity index (χ1n) is 12.7. The van der Waals surface area contributed by atoms with E-state index in [1.165, 1.54) is 11.0 Å². The van der Waals surface area contributed by atoms with Gasteiger partial charge in [0.05, 0.1) is 30.6 Å². The van der Waals surface area contributed by atoms with Gasteiger partial charge in [0.25, 0.3) is 5.91 Å². The van der Waals surface area contributed by atoms with Crippen molar-refractivity contribution in [3.8, 4) is 0 Å². The molecule has 3 aliphatic rings. The first kappa shape index (κ1) is 26.6. The highest BCUT2D eigenvalue weighted by Crippen LogP contribution is 2.60. The summed E-state index contributed by atoms with van der Waals surface area (Å²) < 4.78 is 11.8. The van der Waals surface area contributed by atoms with Gasteiger partial charge in [0.15, 0.2) is 0 Å². The van der Waals surface area contributed by atoms with Crippen LogP contribution in [-0.2, 0) is 23.9 Å². The Labute approximate surface area is 230 Å². The fourth-order valence-corrected chi connectivity index (χ4v) is 7.30. The van der Waals surface area contributed by atoms with E-state index in [2.05, 4.69) is 29.1 Å². The minimum Gasteiger partial charge on any atom is -0.461 e. The van der Waals surface area contributed by atoms with Crippen LogP contribution < -0.4 is 4.90 Å². The van der Waals surface area contributed by atoms with Crippen molar-refractivity contribution in [1.82, 2.24) is 4.90 Å². The molecule has 3 heterocycles. The SMILES string of the molecule is C=CCOC(=O)[C@H]1[C@@H]2OC3(CC2Br)C(C(=O)N(CC=C)c2ccc4ccccc4c2)N([C@H](C)CO)C(=O)[C@H]13. The third kappa shape index (κ3) is 3.99. The van der Waals surface area contributed by atoms with Crippen LogP contribution in [0.1, 0.15) is 13.3 Å². The standard InChI is InChI=1S/C29H31BrN2O6/c1-4-12-31(20-11-10-18-8-6-7-9-19(18)14-20)27(35)25-29-15-21(30)24(38-29)22(28(36)37-13-5-2)23(29)26(34)32(25)17(3)16-33/h4-11,14,17,21-25,33H,1-2,12-13,15-16H2,3H3/t17-,21?,22-,23+,24-,25?,29?/m1/s1. The summed E-state index contributed by atoms with van der Waals surface area (Å²) in [4.78, 5) is 44.4. The maximum atomic E-state index is 14.5. The summed E-state index contributed by atoms with van der Waals surface area (Å²) in [6.07, 6.45) is 2.85. The molecule has 2 aromatic rings. The number of amides is 2. The molecule has 2 bridgehead atoms. The molecule has 0 radical (unpaired) electrons. The number of aliphatic hydroxyl groups excluding tert-OH is 1. The number of rotatable bonds is 9. The van der Waals surface area contributed by atoms with E-state index >= 15 is 0 Å². The summed E-state index contributed by atoms with van der Waals surface area (Å²) in [5.41, 5.74) is -0.590. The number of nitrogens with zero attached hydrogens (tertiary/aromatic N) is 2. The third-order valence-corrected chi connectivity index (χ3v) is 8.78. The molecular weight excluding hydrogens is 552 g/mol. The molecule has 3 unspecified atom stereocenters. The van der Waals surface area contributed by atoms with Gasteiger partial charge in [-0.2, -0.15) is 0 Å². The number of likely N-dealkylation sites (tertiary alicyclic amines) is 1. The van der Waals surface area contributed by atoms with Crippen molar-refractivity contribution in [1.29, 1.82) is 0 Å². The van der Waals surface area contributed by atoms with E-state index in [1.54, 1.807) is 17.9 Å². The highest BCUT2D eigenvalue weighted by atomic mass is 79.9. The van der Waals surface area contributed by atoms with Crippen LogP contribution >= 0.6 is 15.9 Å². The molecule has 5 rings (SSSR count). The number of hydrogen-bond donors (Lipinski definition) is 1. The summed E-state index contributed by atoms with van der Waals surface area (Å²) in [6.45, 7) is 9.00. The molecule has 1 spiro atoms. The van der Waals surface area contributed by atoms with Crippen LogP contribution in [0.15, 0.2) is 67.8 Å². The topological polar surface area (TPSA) is 96.4 Å². The summed E-state index contributed by atoms with van der Waals surface area (Å²) >= 11 is 3.64. The molecule has 7 atom stereocenters. The van der Waals surface area contributed by atoms with Crippen molar-refractivity contribution in [2.45, 2.75) is 42.0 Å². The second kappa shape index (κ2) is 10.3. The summed E-state index contributed by atoms with van der Waals surface area (Å²) in [7, 11) is 0. The van der Waals surface area contributed by atoms with E-state index in [0.717, 1.165) is 10.8 Å². The average Bonchev–Trinajstić information content (AvgIpc) is 3.52. The first-order chi connectivity index (χ1) is 18.3. The van der Waals surface area contributed by atoms with E-state index < -0.39 is 41.6 Å². The van der Waals surface area contributed by atoms with E-state index in [0.29, 0.717) is 12.1 Å². The van der Waals surface area contributed by atoms with Gasteiger partial charge in [0.1, 0.15) is 18.2 Å². The lowest BCUT2D eigenvalue weighted by Crippen LogP contribution is -2.58. The number of carbonyl (C=O) groups excluding carboxylic acids is 3. The molecule has 200 valence electrons. The number of carbonyl (C=O) groups is 3. The molecular formula is C29H31BrN2O6. The lowest BCUT2D eigenvalue weighted by Gasteiger charge is -2.38. The number of hydrogen-bond acceptors (Lipinski definition) is 6. The van der Waals surface area contributed by atoms with E-state index in [1.807, 2.05) is 42.5 Å². The van der Waals surface area contributed by atoms with Crippen LogP contribution in [0.3, 0.4) is 0 Å². The van der Waals surface area contributed by atoms with E-state index in [-0.39, 0.29) is 36.4 Å². The highest BCUT2D eigenvalue weighted by Gasteiger charge is 2.77. The summed E-state index contributed by atoms with van der Waals surface area (Å²) in [5.74, 6) is -3.06. The van der Waals surface area contributed by atoms with Crippen LogP contribution in [-0.4, -0.2) is 76.2 Å². The van der Waals surface area contributed by atoms with E-state index in [9.17, 15) is 19.5 Å². The maximum Gasteiger partial charge on any atom is 0.312 e. The average molecular weight is 583 g/mol. The van der Waals surface area contributed by atoms with Gasteiger partial charge in [0.2, 0.25) is 5.91 Å². The fourth-order valence-electron chi connectivity index (χ4n) is 6.36. The monoisotopic (exact) mass is 582 g/mol. The predicted octanol–water partition coefficient (Wildman–Crippen LogP) is 3.22. The van der Waals surface area contributed by atoms with Crippen LogP contribution in [0.25, 0.3) is 10.8 Å². The molecule has 0 aromatic heterocycles. The molecule has 0 saturated carbocycles. The van der Waals surface area contributed by atoms with Crippen LogP contribution in [0.2, 0.25) is 0 Å². The molecule has 2 amide bonds. The molecule has 9 heteroatoms. The molecule has 38 heavy (non-hydrogen) atoms. The van der Waals surface area contributed by atoms with Gasteiger partial charge in [-0.1, -0.05) is 65.0 Å². The van der Waals surface area contributed by atoms with Crippen molar-refractivity contribution in [3.05, 3.63) is 67.8 Å². The van der Waals surface area contributed by atoms with E-state index in [4.69, 9.17) is 9.47 Å². The zero-order chi connectivity index (χ0) is 27.2. The lowest BCUT2D eigenvalue weighted by atomic mass is 9.70. The number of alkyl halides is 1. The first-order valence-corrected chi connectivity index (χ1v) is 13.6. The second-order valence-electron chi connectivity index (χ2n) is 10.1. The molecule has 3 saturated heterocycles. The number of anilines is 1. The van der Waals surface area contributed by atoms with Crippen molar-refractivity contribution in [3.63, 3.8) is 0 Å². The number of halogens is 1. The van der Waals surface area contributed by atoms with Crippen molar-refractivity contribution in [2.75, 3.05) is 24.7 Å². The number of ether oxygens (including phenoxy) is 2. The number of fused-ring (bicyclic) bond motifs is 2. The van der Waals surface area contributed by atoms with Gasteiger partial charge in [-0.15, -0.1) is 6.58 Å². The van der Waals surface area contributed by atoms with Gasteiger partial charge in [0, 0.05) is 17.1 Å². The minimum absolute atomic E-state index is 0.0110. The minimum atomic E-state index is -1.25. The molecule has 1 N–H and O–H groups in total. The fraction of sp³-hybridized carbons (Fsp3) is 0.414. The maximum absolute atomic E-state index is 14.5. The van der Waals surface area contributed by atoms with Crippen molar-refractivity contribution < 1.29 is 29.0 Å². The number of esters is 1. The van der Waals surface area contributed by atoms with Crippen LogP contribution in [0.5, 0.6) is 0 Å². The number of aliphatic hydroxyl groups is 1. The third-order valence-electron chi connectivity index (χ3n) is 7.94. The summed E-state index contributed by atoms with van der Waals surface area (Å²) in [5, 5.41) is 12.1. The Morgan fingerprint density at radius 3 is 2.68 bits per heavy atom. The van der Waals surface area contributed by atoms with Crippen molar-refractivity contribution >= 4 is 50.2 Å². The summed E-state index contributed by atoms with van der Waals surface area (Å²) in [6, 6.07) is 11.9. The molecule has 0 aliphatic carbocycles. The smallest absolute Gasteiger partial charge is 0.312 e. The largest absolute Gasteiger partial charge is 0.461 e. The molecule has 8 nitrogen and oxygen atoms in total. The quantitative estimate of drug-likeness (QED) is 0.277. The molecule has 2 aromatic carbocycles. The Morgan fingerprint density at radius 1 is 1.26 bits per heavy atom. The Bertz CT molecular complexity index is 1300. The zero-order valence-electron chi connectivity index (χ0n) is 21.2. The number of benzene rings is 2. The molecule has 3 aliphatic heterocycles. The Hall–Kier alpha value is -3.01. The lowest BCUT2D eigenvalue weighted by molar-refractivity contribution is -0.154. The van der Waals surface area contributed by atoms with Gasteiger partial charge >= 0.3 is 5.97 Å². The highest BCUT2D eigenvalue weighted by molar-refractivity contribution is 9.09. The van der Waals surface area contributed by atoms with Gasteiger partial charge in [-0.05, 0) is 36.2 Å². The van der Waals surface area contributed by atoms with Crippen molar-refractivity contribution in [2.24, 2.45) is 11.8 Å². The Balaban J connectivity index is 1.59. The van der Waals surface area contributed by atoms with Gasteiger partial charge in [-0.3, -0.25) is 14.4 Å². The Morgan fingerprint density at radius 2 is 2.00 bits per heavy atom. The Kier molecular flexibility index (Phi) is 7.19. The second-order valence-corrected chi connectivity index (χ2v) is 11.3. The van der Waals surface area contributed by atoms with Crippen LogP contribution in [0, 0.1) is 11.8 Å². The zero-order valence-corrected chi connectivity index (χ0v) is 22.7. The molecule has 3 fully saturated rings. The normalized spacial score (nSPS) is 30.2. The predicted molar refractivity (Wildman–Crippen MR) is 147 cm³/mol. The van der Waals surface area contributed by atoms with Crippen LogP contribution in [0.4, 0.5) is 5.69 Å². The van der Waals surface area contributed by atoms with Gasteiger partial charge in [-0.25, -0.2) is 0 Å².